The number of aryl methyl sites for hydroxylation is 1. The molecule has 0 saturated carbocycles. The van der Waals surface area contributed by atoms with E-state index in [1.165, 1.54) is 18.9 Å². The molecule has 2 amide bonds. The Labute approximate surface area is 227 Å². The molecule has 198 valence electrons. The van der Waals surface area contributed by atoms with Gasteiger partial charge in [-0.05, 0) is 86.5 Å². The molecule has 39 heavy (non-hydrogen) atoms. The third-order valence-corrected chi connectivity index (χ3v) is 6.55. The number of rotatable bonds is 9. The van der Waals surface area contributed by atoms with Crippen molar-refractivity contribution in [2.75, 3.05) is 30.3 Å². The van der Waals surface area contributed by atoms with Crippen molar-refractivity contribution in [3.63, 3.8) is 0 Å². The Balaban J connectivity index is 1.14. The molecule has 0 spiro atoms. The summed E-state index contributed by atoms with van der Waals surface area (Å²) in [7, 11) is 0. The predicted molar refractivity (Wildman–Crippen MR) is 152 cm³/mol. The van der Waals surface area contributed by atoms with Crippen molar-refractivity contribution in [1.82, 2.24) is 24.9 Å². The van der Waals surface area contributed by atoms with E-state index < -0.39 is 0 Å². The van der Waals surface area contributed by atoms with Crippen LogP contribution in [0.15, 0.2) is 79.1 Å². The zero-order valence-electron chi connectivity index (χ0n) is 21.9. The fourth-order valence-corrected chi connectivity index (χ4v) is 4.46. The number of carbonyl (C=O) groups excluding carboxylic acids is 2. The summed E-state index contributed by atoms with van der Waals surface area (Å²) in [6.45, 7) is 6.07. The van der Waals surface area contributed by atoms with Gasteiger partial charge in [0.05, 0.1) is 12.7 Å². The van der Waals surface area contributed by atoms with Crippen LogP contribution in [0.4, 0.5) is 11.5 Å². The van der Waals surface area contributed by atoms with Gasteiger partial charge in [-0.3, -0.25) is 14.3 Å². The number of hydrogen-bond donors (Lipinski definition) is 2. The van der Waals surface area contributed by atoms with Crippen LogP contribution in [0.2, 0.25) is 0 Å². The molecular formula is C30H31N7O2. The van der Waals surface area contributed by atoms with Gasteiger partial charge in [0, 0.05) is 35.6 Å². The number of anilines is 2. The highest BCUT2D eigenvalue weighted by molar-refractivity contribution is 6.05. The minimum absolute atomic E-state index is 0.212. The molecule has 0 unspecified atom stereocenters. The molecule has 5 rings (SSSR count). The average Bonchev–Trinajstić information content (AvgIpc) is 3.64. The van der Waals surface area contributed by atoms with Gasteiger partial charge in [0.25, 0.3) is 5.91 Å². The van der Waals surface area contributed by atoms with Gasteiger partial charge in [0.2, 0.25) is 5.91 Å². The first-order valence-electron chi connectivity index (χ1n) is 13.1. The van der Waals surface area contributed by atoms with Crippen LogP contribution in [0.5, 0.6) is 0 Å². The fraction of sp³-hybridized carbons (Fsp3) is 0.233. The van der Waals surface area contributed by atoms with Crippen molar-refractivity contribution in [3.05, 3.63) is 95.8 Å². The number of nitrogens with one attached hydrogen (secondary N) is 2. The number of amides is 2. The van der Waals surface area contributed by atoms with Crippen LogP contribution in [0.1, 0.15) is 34.3 Å². The summed E-state index contributed by atoms with van der Waals surface area (Å²) < 4.78 is 1.86. The molecule has 2 N–H and O–H groups in total. The van der Waals surface area contributed by atoms with E-state index in [0.717, 1.165) is 54.3 Å². The minimum Gasteiger partial charge on any atom is -0.322 e. The normalized spacial score (nSPS) is 13.6. The zero-order valence-corrected chi connectivity index (χ0v) is 21.9. The second kappa shape index (κ2) is 12.3. The van der Waals surface area contributed by atoms with Crippen LogP contribution in [0.25, 0.3) is 17.3 Å². The standard InChI is InChI=1S/C30H31N7O2/c1-22-6-4-9-26(18-22)32-30(39)24-8-5-7-23(19-24)10-13-29(38)33-28-12-11-25(20-31-28)27-21-37(35-34-27)17-16-36-14-2-3-15-36/h4-13,18-21H,2-3,14-17H2,1H3,(H,32,39)(H,31,33,38)/b13-10+. The molecule has 3 heterocycles. The Morgan fingerprint density at radius 1 is 0.974 bits per heavy atom. The van der Waals surface area contributed by atoms with E-state index >= 15 is 0 Å². The lowest BCUT2D eigenvalue weighted by Gasteiger charge is -2.13. The Morgan fingerprint density at radius 2 is 1.82 bits per heavy atom. The first kappa shape index (κ1) is 26.0. The van der Waals surface area contributed by atoms with E-state index in [1.807, 2.05) is 54.2 Å². The van der Waals surface area contributed by atoms with Crippen LogP contribution >= 0.6 is 0 Å². The highest BCUT2D eigenvalue weighted by Crippen LogP contribution is 2.17. The maximum atomic E-state index is 12.6. The third-order valence-electron chi connectivity index (χ3n) is 6.55. The highest BCUT2D eigenvalue weighted by Gasteiger charge is 2.12. The molecule has 2 aromatic carbocycles. The van der Waals surface area contributed by atoms with Gasteiger partial charge in [-0.2, -0.15) is 0 Å². The molecule has 2 aromatic heterocycles. The van der Waals surface area contributed by atoms with Gasteiger partial charge >= 0.3 is 0 Å². The second-order valence-electron chi connectivity index (χ2n) is 9.62. The smallest absolute Gasteiger partial charge is 0.255 e. The van der Waals surface area contributed by atoms with Crippen LogP contribution in [-0.4, -0.2) is 56.3 Å². The quantitative estimate of drug-likeness (QED) is 0.311. The summed E-state index contributed by atoms with van der Waals surface area (Å²) in [5, 5.41) is 14.1. The molecule has 0 bridgehead atoms. The number of likely N-dealkylation sites (tertiary alicyclic amines) is 1. The molecule has 1 fully saturated rings. The number of pyridine rings is 1. The number of nitrogens with zero attached hydrogens (tertiary/aromatic N) is 5. The number of hydrogen-bond acceptors (Lipinski definition) is 6. The molecule has 0 atom stereocenters. The lowest BCUT2D eigenvalue weighted by molar-refractivity contribution is -0.111. The van der Waals surface area contributed by atoms with Gasteiger partial charge in [-0.25, -0.2) is 4.98 Å². The fourth-order valence-electron chi connectivity index (χ4n) is 4.46. The number of aromatic nitrogens is 4. The van der Waals surface area contributed by atoms with Gasteiger partial charge in [-0.1, -0.05) is 29.5 Å². The van der Waals surface area contributed by atoms with E-state index in [9.17, 15) is 9.59 Å². The summed E-state index contributed by atoms with van der Waals surface area (Å²) in [4.78, 5) is 31.9. The van der Waals surface area contributed by atoms with E-state index in [0.29, 0.717) is 11.4 Å². The Bertz CT molecular complexity index is 1470. The van der Waals surface area contributed by atoms with E-state index in [2.05, 4.69) is 30.8 Å². The third kappa shape index (κ3) is 7.24. The molecule has 9 heteroatoms. The SMILES string of the molecule is Cc1cccc(NC(=O)c2cccc(/C=C/C(=O)Nc3ccc(-c4cn(CCN5CCCC5)nn4)cn3)c2)c1. The zero-order chi connectivity index (χ0) is 27.0. The topological polar surface area (TPSA) is 105 Å². The summed E-state index contributed by atoms with van der Waals surface area (Å²) in [6.07, 6.45) is 9.21. The van der Waals surface area contributed by atoms with Crippen LogP contribution < -0.4 is 10.6 Å². The monoisotopic (exact) mass is 521 g/mol. The first-order chi connectivity index (χ1) is 19.0. The Morgan fingerprint density at radius 3 is 2.62 bits per heavy atom. The Hall–Kier alpha value is -4.63. The van der Waals surface area contributed by atoms with Crippen molar-refractivity contribution < 1.29 is 9.59 Å². The van der Waals surface area contributed by atoms with E-state index in [1.54, 1.807) is 36.5 Å². The number of carbonyl (C=O) groups is 2. The van der Waals surface area contributed by atoms with E-state index in [-0.39, 0.29) is 11.8 Å². The van der Waals surface area contributed by atoms with Crippen molar-refractivity contribution in [2.45, 2.75) is 26.3 Å². The van der Waals surface area contributed by atoms with Crippen molar-refractivity contribution in [1.29, 1.82) is 0 Å². The molecule has 0 radical (unpaired) electrons. The maximum Gasteiger partial charge on any atom is 0.255 e. The highest BCUT2D eigenvalue weighted by atomic mass is 16.2. The predicted octanol–water partition coefficient (Wildman–Crippen LogP) is 4.65. The van der Waals surface area contributed by atoms with Crippen LogP contribution in [0.3, 0.4) is 0 Å². The summed E-state index contributed by atoms with van der Waals surface area (Å²) >= 11 is 0. The average molecular weight is 522 g/mol. The maximum absolute atomic E-state index is 12.6. The minimum atomic E-state index is -0.322. The molecule has 1 aliphatic heterocycles. The summed E-state index contributed by atoms with van der Waals surface area (Å²) in [5.74, 6) is -0.102. The van der Waals surface area contributed by atoms with Gasteiger partial charge in [-0.15, -0.1) is 5.10 Å². The lowest BCUT2D eigenvalue weighted by atomic mass is 10.1. The van der Waals surface area contributed by atoms with Crippen LogP contribution in [-0.2, 0) is 11.3 Å². The summed E-state index contributed by atoms with van der Waals surface area (Å²) in [5.41, 5.74) is 4.61. The second-order valence-corrected chi connectivity index (χ2v) is 9.62. The lowest BCUT2D eigenvalue weighted by Crippen LogP contribution is -2.24. The molecule has 1 aliphatic rings. The van der Waals surface area contributed by atoms with Gasteiger partial charge in [0.15, 0.2) is 0 Å². The van der Waals surface area contributed by atoms with Crippen molar-refractivity contribution >= 4 is 29.4 Å². The number of benzene rings is 2. The largest absolute Gasteiger partial charge is 0.322 e. The molecular weight excluding hydrogens is 490 g/mol. The Kier molecular flexibility index (Phi) is 8.18. The van der Waals surface area contributed by atoms with Crippen molar-refractivity contribution in [3.8, 4) is 11.3 Å². The van der Waals surface area contributed by atoms with Crippen LogP contribution in [0, 0.1) is 6.92 Å². The molecule has 0 aliphatic carbocycles. The van der Waals surface area contributed by atoms with Gasteiger partial charge < -0.3 is 15.5 Å². The first-order valence-corrected chi connectivity index (χ1v) is 13.1. The molecule has 1 saturated heterocycles. The van der Waals surface area contributed by atoms with Crippen molar-refractivity contribution in [2.24, 2.45) is 0 Å². The van der Waals surface area contributed by atoms with E-state index in [4.69, 9.17) is 0 Å². The van der Waals surface area contributed by atoms with Gasteiger partial charge in [0.1, 0.15) is 11.5 Å². The summed E-state index contributed by atoms with van der Waals surface area (Å²) in [6, 6.07) is 18.3. The molecule has 4 aromatic rings. The molecule has 9 nitrogen and oxygen atoms in total.